The van der Waals surface area contributed by atoms with Gasteiger partial charge in [-0.3, -0.25) is 4.98 Å². The Hall–Kier alpha value is -3.15. The molecule has 0 spiro atoms. The standard InChI is InChI=1S/C19H17NO5/c1-22-15-4-3-12(18(21)19(15)23-2)7-14-13-9-17-16(24-10-25-17)8-11(13)5-6-20-14/h3-6,8-9,21H,7,10H2,1-2H3. The molecular weight excluding hydrogens is 322 g/mol. The van der Waals surface area contributed by atoms with Crippen LogP contribution in [-0.2, 0) is 6.42 Å². The molecular formula is C19H17NO5. The van der Waals surface area contributed by atoms with Gasteiger partial charge in [-0.1, -0.05) is 6.07 Å². The first-order chi connectivity index (χ1) is 12.2. The van der Waals surface area contributed by atoms with Gasteiger partial charge in [0.2, 0.25) is 12.5 Å². The molecule has 128 valence electrons. The number of hydrogen-bond acceptors (Lipinski definition) is 6. The van der Waals surface area contributed by atoms with Crippen LogP contribution in [0.3, 0.4) is 0 Å². The van der Waals surface area contributed by atoms with Crippen LogP contribution in [0, 0.1) is 0 Å². The van der Waals surface area contributed by atoms with Crippen molar-refractivity contribution in [1.82, 2.24) is 4.98 Å². The topological polar surface area (TPSA) is 70.0 Å². The molecule has 0 unspecified atom stereocenters. The second-order valence-corrected chi connectivity index (χ2v) is 5.67. The Bertz CT molecular complexity index is 954. The Balaban J connectivity index is 1.79. The molecule has 0 atom stereocenters. The average molecular weight is 339 g/mol. The summed E-state index contributed by atoms with van der Waals surface area (Å²) in [5.74, 6) is 2.30. The van der Waals surface area contributed by atoms with Crippen LogP contribution >= 0.6 is 0 Å². The molecule has 4 rings (SSSR count). The van der Waals surface area contributed by atoms with E-state index in [4.69, 9.17) is 18.9 Å². The van der Waals surface area contributed by atoms with E-state index in [1.165, 1.54) is 14.2 Å². The number of rotatable bonds is 4. The zero-order valence-electron chi connectivity index (χ0n) is 13.9. The van der Waals surface area contributed by atoms with Crippen LogP contribution in [0.5, 0.6) is 28.7 Å². The molecule has 0 saturated carbocycles. The number of nitrogens with zero attached hydrogens (tertiary/aromatic N) is 1. The maximum Gasteiger partial charge on any atom is 0.231 e. The molecule has 25 heavy (non-hydrogen) atoms. The Morgan fingerprint density at radius 3 is 2.64 bits per heavy atom. The van der Waals surface area contributed by atoms with Crippen molar-refractivity contribution in [3.8, 4) is 28.7 Å². The lowest BCUT2D eigenvalue weighted by Crippen LogP contribution is -1.97. The molecule has 0 bridgehead atoms. The zero-order chi connectivity index (χ0) is 17.4. The third kappa shape index (κ3) is 2.55. The molecule has 1 aliphatic heterocycles. The lowest BCUT2D eigenvalue weighted by molar-refractivity contribution is 0.174. The fourth-order valence-electron chi connectivity index (χ4n) is 3.04. The van der Waals surface area contributed by atoms with E-state index in [0.717, 1.165) is 22.2 Å². The lowest BCUT2D eigenvalue weighted by atomic mass is 10.0. The number of fused-ring (bicyclic) bond motifs is 2. The van der Waals surface area contributed by atoms with E-state index in [-0.39, 0.29) is 12.5 Å². The predicted octanol–water partition coefficient (Wildman–Crippen LogP) is 3.28. The molecule has 6 heteroatoms. The highest BCUT2D eigenvalue weighted by Crippen LogP contribution is 2.41. The van der Waals surface area contributed by atoms with Crippen LogP contribution < -0.4 is 18.9 Å². The number of pyridine rings is 1. The largest absolute Gasteiger partial charge is 0.504 e. The summed E-state index contributed by atoms with van der Waals surface area (Å²) in [7, 11) is 3.03. The van der Waals surface area contributed by atoms with Gasteiger partial charge in [0.1, 0.15) is 0 Å². The van der Waals surface area contributed by atoms with Crippen LogP contribution in [0.4, 0.5) is 0 Å². The predicted molar refractivity (Wildman–Crippen MR) is 91.9 cm³/mol. The highest BCUT2D eigenvalue weighted by molar-refractivity contribution is 5.88. The molecule has 3 aromatic rings. The van der Waals surface area contributed by atoms with Crippen molar-refractivity contribution in [2.24, 2.45) is 0 Å². The number of phenolic OH excluding ortho intramolecular Hbond substituents is 1. The molecule has 6 nitrogen and oxygen atoms in total. The number of aromatic nitrogens is 1. The van der Waals surface area contributed by atoms with Crippen molar-refractivity contribution in [1.29, 1.82) is 0 Å². The third-order valence-corrected chi connectivity index (χ3v) is 4.30. The quantitative estimate of drug-likeness (QED) is 0.787. The van der Waals surface area contributed by atoms with Crippen LogP contribution in [0.1, 0.15) is 11.3 Å². The van der Waals surface area contributed by atoms with Crippen LogP contribution in [-0.4, -0.2) is 31.1 Å². The molecule has 0 amide bonds. The van der Waals surface area contributed by atoms with E-state index in [2.05, 4.69) is 4.98 Å². The first kappa shape index (κ1) is 15.4. The fourth-order valence-corrected chi connectivity index (χ4v) is 3.04. The second kappa shape index (κ2) is 6.05. The number of ether oxygens (including phenoxy) is 4. The fraction of sp³-hybridized carbons (Fsp3) is 0.211. The second-order valence-electron chi connectivity index (χ2n) is 5.67. The van der Waals surface area contributed by atoms with E-state index < -0.39 is 0 Å². The summed E-state index contributed by atoms with van der Waals surface area (Å²) < 4.78 is 21.4. The number of methoxy groups -OCH3 is 2. The zero-order valence-corrected chi connectivity index (χ0v) is 13.9. The molecule has 2 aromatic carbocycles. The van der Waals surface area contributed by atoms with Gasteiger partial charge in [0.05, 0.1) is 19.9 Å². The molecule has 0 fully saturated rings. The van der Waals surface area contributed by atoms with Gasteiger partial charge in [0, 0.05) is 23.6 Å². The van der Waals surface area contributed by atoms with E-state index >= 15 is 0 Å². The summed E-state index contributed by atoms with van der Waals surface area (Å²) in [5.41, 5.74) is 1.54. The minimum Gasteiger partial charge on any atom is -0.504 e. The Morgan fingerprint density at radius 2 is 1.88 bits per heavy atom. The molecule has 2 heterocycles. The average Bonchev–Trinajstić information content (AvgIpc) is 3.09. The van der Waals surface area contributed by atoms with Gasteiger partial charge in [-0.15, -0.1) is 0 Å². The lowest BCUT2D eigenvalue weighted by Gasteiger charge is -2.13. The number of phenols is 1. The minimum absolute atomic E-state index is 0.0568. The van der Waals surface area contributed by atoms with Crippen molar-refractivity contribution in [3.63, 3.8) is 0 Å². The van der Waals surface area contributed by atoms with Crippen LogP contribution in [0.25, 0.3) is 10.8 Å². The highest BCUT2D eigenvalue weighted by atomic mass is 16.7. The Labute approximate surface area is 144 Å². The number of hydrogen-bond donors (Lipinski definition) is 1. The Morgan fingerprint density at radius 1 is 1.08 bits per heavy atom. The first-order valence-corrected chi connectivity index (χ1v) is 7.81. The van der Waals surface area contributed by atoms with Gasteiger partial charge < -0.3 is 24.1 Å². The van der Waals surface area contributed by atoms with Crippen molar-refractivity contribution in [3.05, 3.63) is 47.8 Å². The molecule has 1 aliphatic rings. The number of aromatic hydroxyl groups is 1. The van der Waals surface area contributed by atoms with Crippen LogP contribution in [0.15, 0.2) is 36.5 Å². The summed E-state index contributed by atoms with van der Waals surface area (Å²) in [4.78, 5) is 4.49. The van der Waals surface area contributed by atoms with E-state index in [1.54, 1.807) is 12.3 Å². The SMILES string of the molecule is COc1ccc(Cc2nccc3cc4c(cc23)OCO4)c(O)c1OC. The molecule has 0 aliphatic carbocycles. The van der Waals surface area contributed by atoms with Gasteiger partial charge in [-0.25, -0.2) is 0 Å². The molecule has 0 radical (unpaired) electrons. The summed E-state index contributed by atoms with van der Waals surface area (Å²) >= 11 is 0. The smallest absolute Gasteiger partial charge is 0.231 e. The van der Waals surface area contributed by atoms with Crippen molar-refractivity contribution in [2.45, 2.75) is 6.42 Å². The monoisotopic (exact) mass is 339 g/mol. The van der Waals surface area contributed by atoms with Gasteiger partial charge in [-0.05, 0) is 29.7 Å². The maximum absolute atomic E-state index is 10.5. The molecule has 1 N–H and O–H groups in total. The van der Waals surface area contributed by atoms with Gasteiger partial charge in [-0.2, -0.15) is 0 Å². The Kier molecular flexibility index (Phi) is 3.72. The van der Waals surface area contributed by atoms with Crippen molar-refractivity contribution < 1.29 is 24.1 Å². The summed E-state index contributed by atoms with van der Waals surface area (Å²) in [5, 5.41) is 12.5. The summed E-state index contributed by atoms with van der Waals surface area (Å²) in [6.07, 6.45) is 2.20. The molecule has 0 saturated heterocycles. The summed E-state index contributed by atoms with van der Waals surface area (Å²) in [6.45, 7) is 0.227. The van der Waals surface area contributed by atoms with Crippen molar-refractivity contribution in [2.75, 3.05) is 21.0 Å². The van der Waals surface area contributed by atoms with E-state index in [1.807, 2.05) is 24.3 Å². The maximum atomic E-state index is 10.5. The van der Waals surface area contributed by atoms with Gasteiger partial charge in [0.25, 0.3) is 0 Å². The van der Waals surface area contributed by atoms with Gasteiger partial charge >= 0.3 is 0 Å². The highest BCUT2D eigenvalue weighted by Gasteiger charge is 2.18. The molecule has 1 aromatic heterocycles. The van der Waals surface area contributed by atoms with Crippen molar-refractivity contribution >= 4 is 10.8 Å². The third-order valence-electron chi connectivity index (χ3n) is 4.30. The summed E-state index contributed by atoms with van der Waals surface area (Å²) in [6, 6.07) is 9.38. The van der Waals surface area contributed by atoms with Gasteiger partial charge in [0.15, 0.2) is 23.0 Å². The van der Waals surface area contributed by atoms with Crippen LogP contribution in [0.2, 0.25) is 0 Å². The van der Waals surface area contributed by atoms with E-state index in [0.29, 0.717) is 29.2 Å². The van der Waals surface area contributed by atoms with E-state index in [9.17, 15) is 5.11 Å². The minimum atomic E-state index is 0.0568. The first-order valence-electron chi connectivity index (χ1n) is 7.81. The number of benzene rings is 2. The normalized spacial score (nSPS) is 12.4.